The molecule has 11 heteroatoms. The van der Waals surface area contributed by atoms with E-state index >= 15 is 0 Å². The van der Waals surface area contributed by atoms with Gasteiger partial charge in [0.15, 0.2) is 0 Å². The molecule has 16 aromatic rings. The van der Waals surface area contributed by atoms with E-state index in [-0.39, 0.29) is 46.2 Å². The Hall–Kier alpha value is -12.9. The molecule has 0 N–H and O–H groups in total. The van der Waals surface area contributed by atoms with Crippen LogP contribution in [0.25, 0.3) is 55.7 Å². The lowest BCUT2D eigenvalue weighted by atomic mass is 9.39. The van der Waals surface area contributed by atoms with Gasteiger partial charge in [0.2, 0.25) is 0 Å². The smallest absolute Gasteiger partial charge is 0.294 e. The second-order valence-corrected chi connectivity index (χ2v) is 38.3. The highest BCUT2D eigenvalue weighted by atomic mass is 15.3. The number of hydrogen-bond donors (Lipinski definition) is 0. The molecule has 4 unspecified atom stereocenters. The van der Waals surface area contributed by atoms with Gasteiger partial charge in [-0.05, 0) is 256 Å². The SMILES string of the molecule is CC(C)(C)c1ccc(N(c2ccc(C(C)(C)C)cc2)c2ccc3c(c2)N2c4c(ccc5c4B3c3nc4cc(-c6ccccc6)c(-c6ccccc6)cc4n3-5)C3(C)CCCCC23C)cc1.CC12CCCCC1(C)N1c3cc(N(c4ccccc4)c4ccccc4)ccc3B3c4c(ccc2c41)-n1c3nc2ccc(N(c3ccccc3)c3ccccc3)cc21. The van der Waals surface area contributed by atoms with Gasteiger partial charge >= 0.3 is 0 Å². The summed E-state index contributed by atoms with van der Waals surface area (Å²) in [6, 6.07) is 119. The molecule has 2 aromatic heterocycles. The summed E-state index contributed by atoms with van der Waals surface area (Å²) < 4.78 is 5.01. The van der Waals surface area contributed by atoms with Crippen molar-refractivity contribution in [2.24, 2.45) is 0 Å². The minimum Gasteiger partial charge on any atom is -0.335 e. The maximum Gasteiger partial charge on any atom is 0.294 e. The minimum atomic E-state index is -0.0770. The summed E-state index contributed by atoms with van der Waals surface area (Å²) in [4.78, 5) is 24.1. The van der Waals surface area contributed by atoms with Gasteiger partial charge in [-0.15, -0.1) is 0 Å². The monoisotopic (exact) mass is 1570 g/mol. The first-order valence-electron chi connectivity index (χ1n) is 44.0. The van der Waals surface area contributed by atoms with Gasteiger partial charge in [0.25, 0.3) is 13.4 Å². The molecule has 8 heterocycles. The predicted molar refractivity (Wildman–Crippen MR) is 509 cm³/mol. The van der Waals surface area contributed by atoms with Gasteiger partial charge in [-0.3, -0.25) is 0 Å². The van der Waals surface area contributed by atoms with Crippen molar-refractivity contribution in [1.82, 2.24) is 19.1 Å². The minimum absolute atomic E-state index is 0.0101. The summed E-state index contributed by atoms with van der Waals surface area (Å²) in [5.74, 6) is 0. The van der Waals surface area contributed by atoms with Gasteiger partial charge in [-0.2, -0.15) is 0 Å². The van der Waals surface area contributed by atoms with Crippen molar-refractivity contribution < 1.29 is 0 Å². The van der Waals surface area contributed by atoms with Gasteiger partial charge in [0.1, 0.15) is 0 Å². The van der Waals surface area contributed by atoms with Crippen molar-refractivity contribution in [2.45, 2.75) is 153 Å². The number of anilines is 13. The third-order valence-corrected chi connectivity index (χ3v) is 29.7. The Morgan fingerprint density at radius 3 is 1.03 bits per heavy atom. The van der Waals surface area contributed by atoms with E-state index in [9.17, 15) is 0 Å². The first-order valence-corrected chi connectivity index (χ1v) is 44.0. The molecule has 0 saturated heterocycles. The first kappa shape index (κ1) is 73.3. The highest BCUT2D eigenvalue weighted by Gasteiger charge is 2.64. The van der Waals surface area contributed by atoms with Crippen molar-refractivity contribution in [3.63, 3.8) is 0 Å². The fourth-order valence-electron chi connectivity index (χ4n) is 23.3. The van der Waals surface area contributed by atoms with Crippen LogP contribution >= 0.6 is 0 Å². The Morgan fingerprint density at radius 2 is 0.636 bits per heavy atom. The number of benzene rings is 14. The molecule has 0 radical (unpaired) electrons. The molecular formula is C110H99B2N9. The zero-order valence-electron chi connectivity index (χ0n) is 70.9. The van der Waals surface area contributed by atoms with E-state index < -0.39 is 0 Å². The topological polar surface area (TPSA) is 51.8 Å². The summed E-state index contributed by atoms with van der Waals surface area (Å²) in [5.41, 5.74) is 41.1. The predicted octanol–water partition coefficient (Wildman–Crippen LogP) is 24.2. The van der Waals surface area contributed by atoms with Crippen LogP contribution in [-0.4, -0.2) is 43.6 Å². The van der Waals surface area contributed by atoms with Gasteiger partial charge in [0, 0.05) is 96.1 Å². The molecule has 590 valence electrons. The summed E-state index contributed by atoms with van der Waals surface area (Å²) in [6.07, 6.45) is 9.70. The van der Waals surface area contributed by atoms with E-state index in [0.717, 1.165) is 80.7 Å². The van der Waals surface area contributed by atoms with Crippen LogP contribution in [-0.2, 0) is 21.7 Å². The van der Waals surface area contributed by atoms with E-state index in [1.165, 1.54) is 156 Å². The number of aromatic nitrogens is 4. The molecule has 14 aromatic carbocycles. The summed E-state index contributed by atoms with van der Waals surface area (Å²) >= 11 is 0. The van der Waals surface area contributed by atoms with Crippen LogP contribution in [0.2, 0.25) is 0 Å². The number of fused-ring (bicyclic) bond motifs is 22. The van der Waals surface area contributed by atoms with Crippen LogP contribution in [0.3, 0.4) is 0 Å². The lowest BCUT2D eigenvalue weighted by Gasteiger charge is -2.51. The third kappa shape index (κ3) is 10.7. The molecule has 0 bridgehead atoms. The third-order valence-electron chi connectivity index (χ3n) is 29.7. The van der Waals surface area contributed by atoms with E-state index in [1.54, 1.807) is 0 Å². The standard InChI is InChI=1S/C59H57BN4.C51H42BN5/c1-56(2,3)40-21-25-42(26-22-40)62(43-27-23-41(24-28-43)57(4,5)6)44-29-31-48-51(35-44)64-54-47(58(7)33-15-16-34-59(58,64)8)30-32-50-53(54)60(48)55-61-49-36-45(38-17-11-9-12-18-38)46(37-52(49)63(50)55)39-19-13-10-14-20-39;1-50-31-15-16-32-51(50,2)57-45-33-39(54(35-17-7-3-8-18-35)36-19-9-4-10-20-36)25-28-42(45)52-47-44(30-27-41(50)48(47)57)56-46-34-40(26-29-43(46)53-49(52)56)55(37-21-11-5-12-22-37)38-23-13-6-14-24-38/h9-14,17-32,35-37H,15-16,33-34H2,1-8H3;3-14,17-30,33-34H,15-16,31-32H2,1-2H3. The Morgan fingerprint density at radius 1 is 0.306 bits per heavy atom. The van der Waals surface area contributed by atoms with E-state index in [1.807, 2.05) is 0 Å². The average Bonchev–Trinajstić information content (AvgIpc) is 1.49. The molecular weight excluding hydrogens is 1470 g/mol. The molecule has 0 amide bonds. The second kappa shape index (κ2) is 26.8. The largest absolute Gasteiger partial charge is 0.335 e. The van der Waals surface area contributed by atoms with Crippen LogP contribution < -0.4 is 57.8 Å². The van der Waals surface area contributed by atoms with Crippen LogP contribution in [0.4, 0.5) is 73.9 Å². The van der Waals surface area contributed by atoms with Crippen molar-refractivity contribution in [1.29, 1.82) is 0 Å². The number of rotatable bonds is 11. The number of hydrogen-bond acceptors (Lipinski definition) is 7. The summed E-state index contributed by atoms with van der Waals surface area (Å²) in [7, 11) is 0. The molecule has 121 heavy (non-hydrogen) atoms. The Bertz CT molecular complexity index is 6700. The van der Waals surface area contributed by atoms with Gasteiger partial charge in [0.05, 0.1) is 44.6 Å². The summed E-state index contributed by atoms with van der Waals surface area (Å²) in [6.45, 7) is 24.1. The maximum atomic E-state index is 5.70. The molecule has 2 aliphatic carbocycles. The Balaban J connectivity index is 0.000000142. The van der Waals surface area contributed by atoms with Crippen molar-refractivity contribution in [2.75, 3.05) is 24.5 Å². The molecule has 24 rings (SSSR count). The molecule has 6 aliphatic heterocycles. The van der Waals surface area contributed by atoms with Gasteiger partial charge in [-0.1, -0.05) is 263 Å². The molecule has 2 fully saturated rings. The van der Waals surface area contributed by atoms with Crippen LogP contribution in [0.1, 0.15) is 143 Å². The molecule has 8 aliphatic rings. The molecule has 0 spiro atoms. The highest BCUT2D eigenvalue weighted by molar-refractivity contribution is 7.00. The lowest BCUT2D eigenvalue weighted by Crippen LogP contribution is -2.61. The van der Waals surface area contributed by atoms with E-state index in [2.05, 4.69) is 424 Å². The number of imidazole rings is 2. The second-order valence-electron chi connectivity index (χ2n) is 38.3. The zero-order chi connectivity index (χ0) is 81.8. The Kier molecular flexibility index (Phi) is 16.3. The van der Waals surface area contributed by atoms with Gasteiger partial charge in [-0.25, -0.2) is 9.97 Å². The van der Waals surface area contributed by atoms with Crippen LogP contribution in [0.15, 0.2) is 322 Å². The lowest BCUT2D eigenvalue weighted by molar-refractivity contribution is 0.195. The fraction of sp³-hybridized carbons (Fsp3) is 0.218. The van der Waals surface area contributed by atoms with Crippen molar-refractivity contribution in [3.05, 3.63) is 344 Å². The number of para-hydroxylation sites is 4. The highest BCUT2D eigenvalue weighted by Crippen LogP contribution is 2.64. The molecule has 9 nitrogen and oxygen atoms in total. The maximum absolute atomic E-state index is 5.70. The van der Waals surface area contributed by atoms with Crippen LogP contribution in [0.5, 0.6) is 0 Å². The average molecular weight is 1570 g/mol. The number of nitrogens with zero attached hydrogens (tertiary/aromatic N) is 9. The van der Waals surface area contributed by atoms with E-state index in [0.29, 0.717) is 0 Å². The fourth-order valence-corrected chi connectivity index (χ4v) is 23.3. The molecule has 2 saturated carbocycles. The van der Waals surface area contributed by atoms with Crippen molar-refractivity contribution >= 4 is 143 Å². The van der Waals surface area contributed by atoms with Crippen molar-refractivity contribution in [3.8, 4) is 33.6 Å². The normalized spacial score (nSPS) is 19.5. The Labute approximate surface area is 712 Å². The van der Waals surface area contributed by atoms with Crippen LogP contribution in [0, 0.1) is 0 Å². The van der Waals surface area contributed by atoms with Gasteiger partial charge < -0.3 is 33.6 Å². The first-order chi connectivity index (χ1) is 58.8. The quantitative estimate of drug-likeness (QED) is 0.120. The summed E-state index contributed by atoms with van der Waals surface area (Å²) in [5, 5.41) is 0. The van der Waals surface area contributed by atoms with E-state index in [4.69, 9.17) is 9.97 Å². The molecule has 4 atom stereocenters. The zero-order valence-corrected chi connectivity index (χ0v) is 70.9.